The highest BCUT2D eigenvalue weighted by molar-refractivity contribution is 7.11. The second kappa shape index (κ2) is 5.96. The SMILES string of the molecule is NC(=O)CNC(=O)c1ccc(Oc2nccs2)cc1. The molecular formula is C12H11N3O3S. The Morgan fingerprint density at radius 3 is 2.63 bits per heavy atom. The molecule has 7 heteroatoms. The maximum atomic E-state index is 11.6. The van der Waals surface area contributed by atoms with Crippen molar-refractivity contribution in [3.05, 3.63) is 41.4 Å². The van der Waals surface area contributed by atoms with Gasteiger partial charge in [0.2, 0.25) is 5.91 Å². The van der Waals surface area contributed by atoms with Gasteiger partial charge in [0, 0.05) is 17.1 Å². The van der Waals surface area contributed by atoms with E-state index < -0.39 is 5.91 Å². The van der Waals surface area contributed by atoms with Crippen molar-refractivity contribution in [2.24, 2.45) is 5.73 Å². The number of carbonyl (C=O) groups is 2. The number of hydrogen-bond donors (Lipinski definition) is 2. The third-order valence-electron chi connectivity index (χ3n) is 2.15. The Balaban J connectivity index is 1.98. The van der Waals surface area contributed by atoms with Crippen LogP contribution >= 0.6 is 11.3 Å². The molecule has 1 aromatic carbocycles. The van der Waals surface area contributed by atoms with Crippen molar-refractivity contribution < 1.29 is 14.3 Å². The molecule has 0 radical (unpaired) electrons. The molecule has 1 heterocycles. The van der Waals surface area contributed by atoms with Crippen LogP contribution in [0.3, 0.4) is 0 Å². The average Bonchev–Trinajstić information content (AvgIpc) is 2.89. The molecule has 98 valence electrons. The van der Waals surface area contributed by atoms with E-state index >= 15 is 0 Å². The molecule has 2 aromatic rings. The molecule has 0 aliphatic heterocycles. The van der Waals surface area contributed by atoms with Crippen molar-refractivity contribution in [2.75, 3.05) is 6.54 Å². The van der Waals surface area contributed by atoms with E-state index in [0.717, 1.165) is 0 Å². The number of nitrogens with one attached hydrogen (secondary N) is 1. The first-order chi connectivity index (χ1) is 9.15. The molecule has 1 aromatic heterocycles. The zero-order valence-corrected chi connectivity index (χ0v) is 10.6. The Kier molecular flexibility index (Phi) is 4.09. The van der Waals surface area contributed by atoms with Gasteiger partial charge in [0.1, 0.15) is 5.75 Å². The summed E-state index contributed by atoms with van der Waals surface area (Å²) in [4.78, 5) is 26.1. The number of nitrogens with zero attached hydrogens (tertiary/aromatic N) is 1. The Hall–Kier alpha value is -2.41. The van der Waals surface area contributed by atoms with Crippen LogP contribution < -0.4 is 15.8 Å². The Labute approximate surface area is 113 Å². The van der Waals surface area contributed by atoms with Crippen molar-refractivity contribution in [2.45, 2.75) is 0 Å². The molecule has 6 nitrogen and oxygen atoms in total. The van der Waals surface area contributed by atoms with Crippen LogP contribution in [-0.2, 0) is 4.79 Å². The summed E-state index contributed by atoms with van der Waals surface area (Å²) in [6, 6.07) is 6.50. The van der Waals surface area contributed by atoms with Gasteiger partial charge in [0.15, 0.2) is 0 Å². The summed E-state index contributed by atoms with van der Waals surface area (Å²) in [5.74, 6) is -0.363. The fraction of sp³-hybridized carbons (Fsp3) is 0.0833. The molecular weight excluding hydrogens is 266 g/mol. The minimum Gasteiger partial charge on any atom is -0.431 e. The van der Waals surface area contributed by atoms with Gasteiger partial charge in [-0.05, 0) is 24.3 Å². The van der Waals surface area contributed by atoms with E-state index in [0.29, 0.717) is 16.5 Å². The fourth-order valence-electron chi connectivity index (χ4n) is 1.31. The highest BCUT2D eigenvalue weighted by Gasteiger charge is 2.07. The van der Waals surface area contributed by atoms with Crippen LogP contribution in [0.5, 0.6) is 10.9 Å². The average molecular weight is 277 g/mol. The Bertz CT molecular complexity index is 566. The molecule has 0 saturated carbocycles. The summed E-state index contributed by atoms with van der Waals surface area (Å²) in [5.41, 5.74) is 5.36. The van der Waals surface area contributed by atoms with E-state index in [2.05, 4.69) is 10.3 Å². The first kappa shape index (κ1) is 13.0. The zero-order chi connectivity index (χ0) is 13.7. The third kappa shape index (κ3) is 3.78. The lowest BCUT2D eigenvalue weighted by Gasteiger charge is -2.04. The second-order valence-corrected chi connectivity index (χ2v) is 4.43. The monoisotopic (exact) mass is 277 g/mol. The molecule has 0 aliphatic rings. The first-order valence-electron chi connectivity index (χ1n) is 5.39. The van der Waals surface area contributed by atoms with Gasteiger partial charge in [0.05, 0.1) is 6.54 Å². The minimum absolute atomic E-state index is 0.184. The first-order valence-corrected chi connectivity index (χ1v) is 6.27. The van der Waals surface area contributed by atoms with Crippen LogP contribution in [0.4, 0.5) is 0 Å². The molecule has 2 rings (SSSR count). The van der Waals surface area contributed by atoms with E-state index in [-0.39, 0.29) is 12.5 Å². The molecule has 0 atom stereocenters. The predicted molar refractivity (Wildman–Crippen MR) is 70.2 cm³/mol. The lowest BCUT2D eigenvalue weighted by Crippen LogP contribution is -2.33. The largest absolute Gasteiger partial charge is 0.431 e. The van der Waals surface area contributed by atoms with Gasteiger partial charge in [-0.2, -0.15) is 0 Å². The second-order valence-electron chi connectivity index (χ2n) is 3.57. The Morgan fingerprint density at radius 1 is 1.32 bits per heavy atom. The summed E-state index contributed by atoms with van der Waals surface area (Å²) in [6.07, 6.45) is 1.64. The number of amides is 2. The van der Waals surface area contributed by atoms with Crippen LogP contribution in [0.25, 0.3) is 0 Å². The van der Waals surface area contributed by atoms with Gasteiger partial charge in [0.25, 0.3) is 11.1 Å². The van der Waals surface area contributed by atoms with Crippen LogP contribution in [0.1, 0.15) is 10.4 Å². The smallest absolute Gasteiger partial charge is 0.278 e. The Morgan fingerprint density at radius 2 is 2.05 bits per heavy atom. The van der Waals surface area contributed by atoms with Crippen LogP contribution in [0.15, 0.2) is 35.8 Å². The maximum Gasteiger partial charge on any atom is 0.278 e. The molecule has 0 aliphatic carbocycles. The highest BCUT2D eigenvalue weighted by atomic mass is 32.1. The van der Waals surface area contributed by atoms with Gasteiger partial charge in [-0.1, -0.05) is 11.3 Å². The fourth-order valence-corrected chi connectivity index (χ4v) is 1.81. The van der Waals surface area contributed by atoms with E-state index in [1.165, 1.54) is 11.3 Å². The summed E-state index contributed by atoms with van der Waals surface area (Å²) >= 11 is 1.38. The van der Waals surface area contributed by atoms with Crippen LogP contribution in [0, 0.1) is 0 Å². The number of thiazole rings is 1. The highest BCUT2D eigenvalue weighted by Crippen LogP contribution is 2.23. The lowest BCUT2D eigenvalue weighted by molar-refractivity contribution is -0.117. The number of nitrogens with two attached hydrogens (primary N) is 1. The summed E-state index contributed by atoms with van der Waals surface area (Å²) in [5, 5.41) is 4.74. The van der Waals surface area contributed by atoms with Crippen molar-refractivity contribution >= 4 is 23.2 Å². The molecule has 0 bridgehead atoms. The number of rotatable bonds is 5. The summed E-state index contributed by atoms with van der Waals surface area (Å²) < 4.78 is 5.45. The van der Waals surface area contributed by atoms with Gasteiger partial charge in [-0.3, -0.25) is 9.59 Å². The van der Waals surface area contributed by atoms with Gasteiger partial charge in [-0.15, -0.1) is 0 Å². The minimum atomic E-state index is -0.586. The molecule has 19 heavy (non-hydrogen) atoms. The maximum absolute atomic E-state index is 11.6. The standard InChI is InChI=1S/C12H11N3O3S/c13-10(16)7-15-11(17)8-1-3-9(4-2-8)18-12-14-5-6-19-12/h1-6H,7H2,(H2,13,16)(H,15,17). The number of hydrogen-bond acceptors (Lipinski definition) is 5. The van der Waals surface area contributed by atoms with E-state index in [1.54, 1.807) is 35.8 Å². The third-order valence-corrected chi connectivity index (χ3v) is 2.80. The van der Waals surface area contributed by atoms with Crippen molar-refractivity contribution in [1.82, 2.24) is 10.3 Å². The quantitative estimate of drug-likeness (QED) is 0.857. The molecule has 0 saturated heterocycles. The number of carbonyl (C=O) groups excluding carboxylic acids is 2. The van der Waals surface area contributed by atoms with Crippen molar-refractivity contribution in [3.8, 4) is 10.9 Å². The number of ether oxygens (including phenoxy) is 1. The molecule has 3 N–H and O–H groups in total. The van der Waals surface area contributed by atoms with E-state index in [1.807, 2.05) is 0 Å². The van der Waals surface area contributed by atoms with Crippen molar-refractivity contribution in [3.63, 3.8) is 0 Å². The van der Waals surface area contributed by atoms with Crippen LogP contribution in [-0.4, -0.2) is 23.3 Å². The van der Waals surface area contributed by atoms with Gasteiger partial charge in [-0.25, -0.2) is 4.98 Å². The topological polar surface area (TPSA) is 94.3 Å². The predicted octanol–water partition coefficient (Wildman–Crippen LogP) is 1.15. The van der Waals surface area contributed by atoms with E-state index in [9.17, 15) is 9.59 Å². The number of benzene rings is 1. The van der Waals surface area contributed by atoms with Crippen LogP contribution in [0.2, 0.25) is 0 Å². The lowest BCUT2D eigenvalue weighted by atomic mass is 10.2. The molecule has 2 amide bonds. The normalized spacial score (nSPS) is 9.89. The number of primary amides is 1. The summed E-state index contributed by atoms with van der Waals surface area (Å²) in [7, 11) is 0. The molecule has 0 spiro atoms. The van der Waals surface area contributed by atoms with Crippen molar-refractivity contribution in [1.29, 1.82) is 0 Å². The zero-order valence-electron chi connectivity index (χ0n) is 9.83. The molecule has 0 fully saturated rings. The van der Waals surface area contributed by atoms with Gasteiger partial charge >= 0.3 is 0 Å². The van der Waals surface area contributed by atoms with E-state index in [4.69, 9.17) is 10.5 Å². The molecule has 0 unspecified atom stereocenters. The summed E-state index contributed by atoms with van der Waals surface area (Å²) in [6.45, 7) is -0.184. The number of aromatic nitrogens is 1. The van der Waals surface area contributed by atoms with Gasteiger partial charge < -0.3 is 15.8 Å².